The van der Waals surface area contributed by atoms with Crippen molar-refractivity contribution >= 4 is 5.69 Å². The van der Waals surface area contributed by atoms with E-state index < -0.39 is 0 Å². The Morgan fingerprint density at radius 1 is 1.35 bits per heavy atom. The van der Waals surface area contributed by atoms with E-state index in [1.807, 2.05) is 18.1 Å². The monoisotopic (exact) mass is 274 g/mol. The lowest BCUT2D eigenvalue weighted by atomic mass is 10.2. The molecule has 0 fully saturated rings. The Hall–Kier alpha value is -1.60. The molecule has 0 aliphatic rings. The summed E-state index contributed by atoms with van der Waals surface area (Å²) >= 11 is 0. The molecular formula is C16H26N4. The first-order valence-corrected chi connectivity index (χ1v) is 7.16. The fourth-order valence-corrected chi connectivity index (χ4v) is 1.85. The number of nitrogens with one attached hydrogen (secondary N) is 1. The van der Waals surface area contributed by atoms with Gasteiger partial charge in [-0.1, -0.05) is 33.6 Å². The highest BCUT2D eigenvalue weighted by Gasteiger charge is 2.12. The minimum Gasteiger partial charge on any atom is -0.361 e. The minimum absolute atomic E-state index is 0.325. The molecule has 0 unspecified atom stereocenters. The Morgan fingerprint density at radius 2 is 2.05 bits per heavy atom. The highest BCUT2D eigenvalue weighted by molar-refractivity contribution is 5.49. The Labute approximate surface area is 123 Å². The lowest BCUT2D eigenvalue weighted by Gasteiger charge is -2.20. The molecule has 0 aromatic carbocycles. The summed E-state index contributed by atoms with van der Waals surface area (Å²) in [4.78, 5) is 11.1. The van der Waals surface area contributed by atoms with Crippen LogP contribution in [0.4, 0.5) is 5.69 Å². The lowest BCUT2D eigenvalue weighted by Crippen LogP contribution is -2.25. The van der Waals surface area contributed by atoms with Crippen LogP contribution in [-0.4, -0.2) is 30.1 Å². The van der Waals surface area contributed by atoms with E-state index in [1.54, 1.807) is 0 Å². The van der Waals surface area contributed by atoms with Crippen molar-refractivity contribution in [2.24, 2.45) is 5.92 Å². The first-order valence-electron chi connectivity index (χ1n) is 7.16. The van der Waals surface area contributed by atoms with E-state index in [0.29, 0.717) is 18.4 Å². The van der Waals surface area contributed by atoms with Crippen LogP contribution < -0.4 is 10.2 Å². The molecule has 0 atom stereocenters. The molecule has 1 aromatic rings. The van der Waals surface area contributed by atoms with Gasteiger partial charge in [-0.05, 0) is 12.5 Å². The molecular weight excluding hydrogens is 248 g/mol. The van der Waals surface area contributed by atoms with Crippen LogP contribution >= 0.6 is 0 Å². The topological polar surface area (TPSA) is 41.1 Å². The van der Waals surface area contributed by atoms with Crippen LogP contribution in [0.5, 0.6) is 0 Å². The van der Waals surface area contributed by atoms with Crippen molar-refractivity contribution in [1.29, 1.82) is 0 Å². The number of anilines is 1. The fraction of sp³-hybridized carbons (Fsp3) is 0.625. The van der Waals surface area contributed by atoms with Gasteiger partial charge in [0.2, 0.25) is 0 Å². The van der Waals surface area contributed by atoms with Gasteiger partial charge in [0.05, 0.1) is 24.1 Å². The van der Waals surface area contributed by atoms with Gasteiger partial charge in [0.1, 0.15) is 5.82 Å². The lowest BCUT2D eigenvalue weighted by molar-refractivity contribution is 0.546. The quantitative estimate of drug-likeness (QED) is 0.775. The average Bonchev–Trinajstić information content (AvgIpc) is 2.38. The molecule has 0 radical (unpaired) electrons. The molecule has 0 saturated carbocycles. The van der Waals surface area contributed by atoms with Crippen LogP contribution in [0, 0.1) is 18.3 Å². The smallest absolute Gasteiger partial charge is 0.131 e. The van der Waals surface area contributed by atoms with Crippen LogP contribution in [0.3, 0.4) is 0 Å². The van der Waals surface area contributed by atoms with Crippen LogP contribution in [0.1, 0.15) is 45.1 Å². The first-order chi connectivity index (χ1) is 9.45. The largest absolute Gasteiger partial charge is 0.361 e. The molecule has 1 N–H and O–H groups in total. The van der Waals surface area contributed by atoms with Crippen LogP contribution in [0.2, 0.25) is 0 Å². The third-order valence-electron chi connectivity index (χ3n) is 2.97. The zero-order valence-electron chi connectivity index (χ0n) is 13.3. The highest BCUT2D eigenvalue weighted by Crippen LogP contribution is 2.19. The maximum atomic E-state index is 5.39. The van der Waals surface area contributed by atoms with Gasteiger partial charge in [0.25, 0.3) is 0 Å². The van der Waals surface area contributed by atoms with Gasteiger partial charge in [-0.15, -0.1) is 6.42 Å². The van der Waals surface area contributed by atoms with E-state index in [9.17, 15) is 0 Å². The van der Waals surface area contributed by atoms with E-state index in [0.717, 1.165) is 30.3 Å². The van der Waals surface area contributed by atoms with Gasteiger partial charge < -0.3 is 10.2 Å². The molecule has 0 amide bonds. The van der Waals surface area contributed by atoms with E-state index >= 15 is 0 Å². The minimum atomic E-state index is 0.325. The van der Waals surface area contributed by atoms with Crippen molar-refractivity contribution < 1.29 is 0 Å². The van der Waals surface area contributed by atoms with E-state index in [1.165, 1.54) is 0 Å². The predicted octanol–water partition coefficient (Wildman–Crippen LogP) is 2.42. The van der Waals surface area contributed by atoms with Crippen molar-refractivity contribution in [3.63, 3.8) is 0 Å². The van der Waals surface area contributed by atoms with Crippen molar-refractivity contribution in [1.82, 2.24) is 15.3 Å². The van der Waals surface area contributed by atoms with E-state index in [-0.39, 0.29) is 0 Å². The summed E-state index contributed by atoms with van der Waals surface area (Å²) in [7, 11) is 1.97. The molecule has 4 nitrogen and oxygen atoms in total. The van der Waals surface area contributed by atoms with E-state index in [4.69, 9.17) is 6.42 Å². The summed E-state index contributed by atoms with van der Waals surface area (Å²) in [5.41, 5.74) is 2.02. The standard InChI is InChI=1S/C16H26N4/c1-7-8-20(6)15-11-18-16(13(4)5)19-14(15)10-17-9-12(2)3/h1,11-13,17H,8-10H2,2-6H3. The maximum absolute atomic E-state index is 5.39. The Morgan fingerprint density at radius 3 is 2.60 bits per heavy atom. The summed E-state index contributed by atoms with van der Waals surface area (Å²) in [5, 5.41) is 3.44. The fourth-order valence-electron chi connectivity index (χ4n) is 1.85. The number of aromatic nitrogens is 2. The zero-order chi connectivity index (χ0) is 15.1. The van der Waals surface area contributed by atoms with Crippen LogP contribution in [0.15, 0.2) is 6.20 Å². The first kappa shape index (κ1) is 16.5. The molecule has 0 saturated heterocycles. The molecule has 0 spiro atoms. The van der Waals surface area contributed by atoms with Crippen molar-refractivity contribution in [3.05, 3.63) is 17.7 Å². The van der Waals surface area contributed by atoms with Crippen molar-refractivity contribution in [2.75, 3.05) is 25.0 Å². The van der Waals surface area contributed by atoms with Gasteiger partial charge in [-0.3, -0.25) is 0 Å². The third kappa shape index (κ3) is 4.82. The zero-order valence-corrected chi connectivity index (χ0v) is 13.3. The van der Waals surface area contributed by atoms with Crippen LogP contribution in [-0.2, 0) is 6.54 Å². The molecule has 1 rings (SSSR count). The summed E-state index contributed by atoms with van der Waals surface area (Å²) in [5.74, 6) is 4.48. The highest BCUT2D eigenvalue weighted by atomic mass is 15.1. The summed E-state index contributed by atoms with van der Waals surface area (Å²) in [6.07, 6.45) is 7.27. The number of hydrogen-bond acceptors (Lipinski definition) is 4. The molecule has 0 aliphatic carbocycles. The van der Waals surface area contributed by atoms with Crippen molar-refractivity contribution in [2.45, 2.75) is 40.2 Å². The maximum Gasteiger partial charge on any atom is 0.131 e. The number of rotatable bonds is 7. The number of terminal acetylenes is 1. The molecule has 110 valence electrons. The molecule has 1 aromatic heterocycles. The molecule has 1 heterocycles. The second-order valence-corrected chi connectivity index (χ2v) is 5.80. The van der Waals surface area contributed by atoms with Gasteiger partial charge >= 0.3 is 0 Å². The van der Waals surface area contributed by atoms with Gasteiger partial charge in [-0.25, -0.2) is 9.97 Å². The van der Waals surface area contributed by atoms with Crippen LogP contribution in [0.25, 0.3) is 0 Å². The molecule has 0 aliphatic heterocycles. The average molecular weight is 274 g/mol. The Bertz CT molecular complexity index is 460. The van der Waals surface area contributed by atoms with Gasteiger partial charge in [-0.2, -0.15) is 0 Å². The SMILES string of the molecule is C#CCN(C)c1cnc(C(C)C)nc1CNCC(C)C. The number of hydrogen-bond donors (Lipinski definition) is 1. The Balaban J connectivity index is 2.94. The summed E-state index contributed by atoms with van der Waals surface area (Å²) in [6, 6.07) is 0. The number of nitrogens with zero attached hydrogens (tertiary/aromatic N) is 3. The summed E-state index contributed by atoms with van der Waals surface area (Å²) in [6.45, 7) is 10.9. The predicted molar refractivity (Wildman–Crippen MR) is 84.8 cm³/mol. The van der Waals surface area contributed by atoms with Crippen molar-refractivity contribution in [3.8, 4) is 12.3 Å². The second-order valence-electron chi connectivity index (χ2n) is 5.80. The Kier molecular flexibility index (Phi) is 6.47. The molecule has 0 bridgehead atoms. The summed E-state index contributed by atoms with van der Waals surface area (Å²) < 4.78 is 0. The normalized spacial score (nSPS) is 10.9. The van der Waals surface area contributed by atoms with Gasteiger partial charge in [0, 0.05) is 19.5 Å². The molecule has 4 heteroatoms. The second kappa shape index (κ2) is 7.86. The third-order valence-corrected chi connectivity index (χ3v) is 2.97. The molecule has 20 heavy (non-hydrogen) atoms. The van der Waals surface area contributed by atoms with E-state index in [2.05, 4.69) is 48.9 Å². The van der Waals surface area contributed by atoms with Gasteiger partial charge in [0.15, 0.2) is 0 Å².